The number of ether oxygens (including phenoxy) is 2. The van der Waals surface area contributed by atoms with E-state index in [0.717, 1.165) is 13.1 Å². The van der Waals surface area contributed by atoms with Gasteiger partial charge in [-0.3, -0.25) is 0 Å². The molecule has 2 amide bonds. The van der Waals surface area contributed by atoms with Crippen molar-refractivity contribution in [3.63, 3.8) is 0 Å². The van der Waals surface area contributed by atoms with Crippen LogP contribution in [0.3, 0.4) is 0 Å². The summed E-state index contributed by atoms with van der Waals surface area (Å²) in [7, 11) is 3.17. The molecule has 0 spiro atoms. The highest BCUT2D eigenvalue weighted by molar-refractivity contribution is 7.98. The normalized spacial score (nSPS) is 14.0. The Labute approximate surface area is 164 Å². The average Bonchev–Trinajstić information content (AvgIpc) is 2.74. The van der Waals surface area contributed by atoms with Crippen molar-refractivity contribution in [3.05, 3.63) is 42.5 Å². The topological polar surface area (TPSA) is 54.0 Å². The lowest BCUT2D eigenvalue weighted by Crippen LogP contribution is -2.50. The monoisotopic (exact) mass is 387 g/mol. The Morgan fingerprint density at radius 1 is 1.04 bits per heavy atom. The number of piperazine rings is 1. The van der Waals surface area contributed by atoms with Gasteiger partial charge < -0.3 is 24.6 Å². The summed E-state index contributed by atoms with van der Waals surface area (Å²) in [6.07, 6.45) is 2.09. The highest BCUT2D eigenvalue weighted by atomic mass is 32.2. The van der Waals surface area contributed by atoms with E-state index in [1.165, 1.54) is 10.6 Å². The molecule has 27 heavy (non-hydrogen) atoms. The Balaban J connectivity index is 1.62. The molecule has 0 aliphatic carbocycles. The van der Waals surface area contributed by atoms with Gasteiger partial charge in [-0.05, 0) is 30.5 Å². The Bertz CT molecular complexity index is 792. The predicted molar refractivity (Wildman–Crippen MR) is 111 cm³/mol. The molecule has 144 valence electrons. The molecular weight excluding hydrogens is 362 g/mol. The first-order valence-electron chi connectivity index (χ1n) is 8.82. The number of rotatable bonds is 5. The minimum Gasteiger partial charge on any atom is -0.497 e. The van der Waals surface area contributed by atoms with E-state index in [9.17, 15) is 4.79 Å². The maximum absolute atomic E-state index is 12.7. The molecule has 0 saturated carbocycles. The lowest BCUT2D eigenvalue weighted by molar-refractivity contribution is 0.208. The number of amides is 2. The molecule has 0 aromatic heterocycles. The molecule has 2 aromatic rings. The molecule has 0 radical (unpaired) electrons. The zero-order valence-corrected chi connectivity index (χ0v) is 16.7. The number of urea groups is 1. The quantitative estimate of drug-likeness (QED) is 0.792. The zero-order chi connectivity index (χ0) is 19.2. The summed E-state index contributed by atoms with van der Waals surface area (Å²) >= 11 is 1.75. The number of hydrogen-bond acceptors (Lipinski definition) is 5. The van der Waals surface area contributed by atoms with Crippen molar-refractivity contribution < 1.29 is 14.3 Å². The summed E-state index contributed by atoms with van der Waals surface area (Å²) in [4.78, 5) is 18.1. The van der Waals surface area contributed by atoms with Gasteiger partial charge in [0, 0.05) is 37.1 Å². The lowest BCUT2D eigenvalue weighted by atomic mass is 10.2. The Hall–Kier alpha value is -2.54. The van der Waals surface area contributed by atoms with Crippen molar-refractivity contribution in [1.29, 1.82) is 0 Å². The van der Waals surface area contributed by atoms with Crippen molar-refractivity contribution >= 4 is 29.2 Å². The molecule has 1 fully saturated rings. The molecule has 6 nitrogen and oxygen atoms in total. The number of carbonyl (C=O) groups is 1. The summed E-state index contributed by atoms with van der Waals surface area (Å²) in [6.45, 7) is 2.97. The Kier molecular flexibility index (Phi) is 6.34. The number of benzene rings is 2. The third-order valence-electron chi connectivity index (χ3n) is 4.64. The predicted octanol–water partition coefficient (Wildman–Crippen LogP) is 3.78. The summed E-state index contributed by atoms with van der Waals surface area (Å²) in [6, 6.07) is 13.6. The smallest absolute Gasteiger partial charge is 0.322 e. The third-order valence-corrected chi connectivity index (χ3v) is 5.43. The fourth-order valence-corrected chi connectivity index (χ4v) is 3.76. The second-order valence-electron chi connectivity index (χ2n) is 6.14. The van der Waals surface area contributed by atoms with Crippen molar-refractivity contribution in [3.8, 4) is 11.5 Å². The molecular formula is C20H25N3O3S. The number of thioether (sulfide) groups is 1. The largest absolute Gasteiger partial charge is 0.497 e. The molecule has 1 N–H and O–H groups in total. The molecule has 0 bridgehead atoms. The molecule has 0 atom stereocenters. The second kappa shape index (κ2) is 8.90. The molecule has 7 heteroatoms. The maximum atomic E-state index is 12.7. The first kappa shape index (κ1) is 19.2. The van der Waals surface area contributed by atoms with Gasteiger partial charge >= 0.3 is 6.03 Å². The van der Waals surface area contributed by atoms with Crippen LogP contribution in [0.25, 0.3) is 0 Å². The van der Waals surface area contributed by atoms with Crippen LogP contribution in [0.4, 0.5) is 16.2 Å². The third kappa shape index (κ3) is 4.42. The Morgan fingerprint density at radius 3 is 2.44 bits per heavy atom. The van der Waals surface area contributed by atoms with E-state index >= 15 is 0 Å². The van der Waals surface area contributed by atoms with Crippen LogP contribution >= 0.6 is 11.8 Å². The van der Waals surface area contributed by atoms with Gasteiger partial charge in [-0.2, -0.15) is 0 Å². The van der Waals surface area contributed by atoms with E-state index in [1.807, 2.05) is 4.90 Å². The molecule has 1 aliphatic rings. The molecule has 1 heterocycles. The summed E-state index contributed by atoms with van der Waals surface area (Å²) in [5.74, 6) is 1.26. The van der Waals surface area contributed by atoms with E-state index < -0.39 is 0 Å². The van der Waals surface area contributed by atoms with Crippen LogP contribution in [0.15, 0.2) is 47.4 Å². The van der Waals surface area contributed by atoms with E-state index in [0.29, 0.717) is 30.3 Å². The van der Waals surface area contributed by atoms with Crippen LogP contribution in [0.5, 0.6) is 11.5 Å². The van der Waals surface area contributed by atoms with Gasteiger partial charge in [0.05, 0.1) is 25.6 Å². The molecule has 1 saturated heterocycles. The standard InChI is InChI=1S/C20H25N3O3S/c1-25-15-8-9-16(18(14-15)26-2)21-20(24)23-12-10-22(11-13-23)17-6-4-5-7-19(17)27-3/h4-9,14H,10-13H2,1-3H3,(H,21,24). The van der Waals surface area contributed by atoms with Gasteiger partial charge in [-0.15, -0.1) is 11.8 Å². The van der Waals surface area contributed by atoms with Crippen LogP contribution in [-0.4, -0.2) is 57.6 Å². The lowest BCUT2D eigenvalue weighted by Gasteiger charge is -2.36. The number of nitrogens with one attached hydrogen (secondary N) is 1. The first-order chi connectivity index (χ1) is 13.2. The summed E-state index contributed by atoms with van der Waals surface area (Å²) < 4.78 is 10.5. The van der Waals surface area contributed by atoms with E-state index in [2.05, 4.69) is 40.7 Å². The van der Waals surface area contributed by atoms with Crippen LogP contribution < -0.4 is 19.7 Å². The Morgan fingerprint density at radius 2 is 1.78 bits per heavy atom. The van der Waals surface area contributed by atoms with Crippen LogP contribution in [0.2, 0.25) is 0 Å². The highest BCUT2D eigenvalue weighted by Gasteiger charge is 2.23. The van der Waals surface area contributed by atoms with Gasteiger partial charge in [0.15, 0.2) is 0 Å². The summed E-state index contributed by atoms with van der Waals surface area (Å²) in [5, 5.41) is 2.94. The number of hydrogen-bond donors (Lipinski definition) is 1. The number of carbonyl (C=O) groups excluding carboxylic acids is 1. The van der Waals surface area contributed by atoms with Crippen LogP contribution in [-0.2, 0) is 0 Å². The number of anilines is 2. The van der Waals surface area contributed by atoms with Gasteiger partial charge in [0.25, 0.3) is 0 Å². The molecule has 3 rings (SSSR count). The fraction of sp³-hybridized carbons (Fsp3) is 0.350. The number of methoxy groups -OCH3 is 2. The number of nitrogens with zero attached hydrogens (tertiary/aromatic N) is 2. The van der Waals surface area contributed by atoms with Crippen molar-refractivity contribution in [2.45, 2.75) is 4.90 Å². The van der Waals surface area contributed by atoms with Crippen molar-refractivity contribution in [2.75, 3.05) is 56.9 Å². The van der Waals surface area contributed by atoms with Gasteiger partial charge in [-0.1, -0.05) is 12.1 Å². The molecule has 1 aliphatic heterocycles. The minimum absolute atomic E-state index is 0.115. The number of para-hydroxylation sites is 1. The van der Waals surface area contributed by atoms with Crippen LogP contribution in [0.1, 0.15) is 0 Å². The first-order valence-corrected chi connectivity index (χ1v) is 10.0. The highest BCUT2D eigenvalue weighted by Crippen LogP contribution is 2.30. The summed E-state index contributed by atoms with van der Waals surface area (Å²) in [5.41, 5.74) is 1.88. The van der Waals surface area contributed by atoms with Crippen LogP contribution in [0, 0.1) is 0 Å². The average molecular weight is 388 g/mol. The zero-order valence-electron chi connectivity index (χ0n) is 15.9. The van der Waals surface area contributed by atoms with E-state index in [1.54, 1.807) is 44.2 Å². The van der Waals surface area contributed by atoms with Gasteiger partial charge in [0.1, 0.15) is 11.5 Å². The van der Waals surface area contributed by atoms with Crippen molar-refractivity contribution in [1.82, 2.24) is 4.90 Å². The second-order valence-corrected chi connectivity index (χ2v) is 6.99. The van der Waals surface area contributed by atoms with Gasteiger partial charge in [0.2, 0.25) is 0 Å². The van der Waals surface area contributed by atoms with Gasteiger partial charge in [-0.25, -0.2) is 4.79 Å². The van der Waals surface area contributed by atoms with E-state index in [4.69, 9.17) is 9.47 Å². The molecule has 0 unspecified atom stereocenters. The molecule has 2 aromatic carbocycles. The van der Waals surface area contributed by atoms with Crippen molar-refractivity contribution in [2.24, 2.45) is 0 Å². The SMILES string of the molecule is COc1ccc(NC(=O)N2CCN(c3ccccc3SC)CC2)c(OC)c1. The maximum Gasteiger partial charge on any atom is 0.322 e. The van der Waals surface area contributed by atoms with E-state index in [-0.39, 0.29) is 6.03 Å². The minimum atomic E-state index is -0.115. The fourth-order valence-electron chi connectivity index (χ4n) is 3.14.